The Hall–Kier alpha value is -6.65. The molecule has 2 aromatic heterocycles. The average Bonchev–Trinajstić information content (AvgIpc) is 3.53. The van der Waals surface area contributed by atoms with Crippen LogP contribution in [0.25, 0.3) is 94.0 Å². The lowest BCUT2D eigenvalue weighted by Gasteiger charge is -2.12. The molecule has 0 aliphatic rings. The van der Waals surface area contributed by atoms with Crippen LogP contribution in [0.1, 0.15) is 0 Å². The van der Waals surface area contributed by atoms with Crippen LogP contribution >= 0.6 is 0 Å². The first-order chi connectivity index (χ1) is 24.3. The summed E-state index contributed by atoms with van der Waals surface area (Å²) in [6, 6.07) is 59.8. The molecule has 0 fully saturated rings. The van der Waals surface area contributed by atoms with E-state index in [9.17, 15) is 0 Å². The lowest BCUT2D eigenvalue weighted by molar-refractivity contribution is 0.953. The SMILES string of the molecule is c1ccc(-c2ccc(-c3nc(-c4ccccc4)nc(-n4c5ccccc5c5c6ccc7ccc8ccccc8c7c6ccc54)n3)cc2)cc1. The number of para-hydroxylation sites is 1. The third-order valence-corrected chi connectivity index (χ3v) is 9.64. The van der Waals surface area contributed by atoms with Gasteiger partial charge in [-0.1, -0.05) is 158 Å². The summed E-state index contributed by atoms with van der Waals surface area (Å²) in [6.07, 6.45) is 0. The summed E-state index contributed by atoms with van der Waals surface area (Å²) in [7, 11) is 0. The van der Waals surface area contributed by atoms with Crippen LogP contribution in [-0.2, 0) is 0 Å². The van der Waals surface area contributed by atoms with Gasteiger partial charge in [-0.15, -0.1) is 0 Å². The van der Waals surface area contributed by atoms with Gasteiger partial charge >= 0.3 is 0 Å². The molecule has 0 saturated heterocycles. The lowest BCUT2D eigenvalue weighted by atomic mass is 9.94. The molecule has 0 amide bonds. The maximum Gasteiger partial charge on any atom is 0.238 e. The summed E-state index contributed by atoms with van der Waals surface area (Å²) in [6.45, 7) is 0. The second-order valence-corrected chi connectivity index (χ2v) is 12.4. The van der Waals surface area contributed by atoms with Crippen LogP contribution in [0.2, 0.25) is 0 Å². The van der Waals surface area contributed by atoms with Gasteiger partial charge in [-0.3, -0.25) is 4.57 Å². The molecule has 0 N–H and O–H groups in total. The van der Waals surface area contributed by atoms with Gasteiger partial charge in [0.1, 0.15) is 0 Å². The van der Waals surface area contributed by atoms with E-state index in [1.807, 2.05) is 24.3 Å². The summed E-state index contributed by atoms with van der Waals surface area (Å²) in [5.74, 6) is 1.86. The molecular weight excluding hydrogens is 597 g/mol. The summed E-state index contributed by atoms with van der Waals surface area (Å²) in [5, 5.41) is 9.84. The molecule has 0 aliphatic carbocycles. The molecule has 0 aliphatic heterocycles. The van der Waals surface area contributed by atoms with Gasteiger partial charge in [0.2, 0.25) is 5.95 Å². The van der Waals surface area contributed by atoms with E-state index in [0.29, 0.717) is 17.6 Å². The van der Waals surface area contributed by atoms with Crippen molar-refractivity contribution in [3.05, 3.63) is 170 Å². The standard InChI is InChI=1S/C45H28N4/c1-3-11-29(12-4-1)30-19-23-34(24-20-30)44-46-43(33-14-5-2-6-15-33)47-45(48-44)49-39-18-10-9-17-38(39)42-37-26-25-32-22-21-31-13-7-8-16-35(31)41(32)36(37)27-28-40(42)49/h1-28H. The van der Waals surface area contributed by atoms with Crippen LogP contribution in [0, 0.1) is 0 Å². The van der Waals surface area contributed by atoms with Gasteiger partial charge < -0.3 is 0 Å². The summed E-state index contributed by atoms with van der Waals surface area (Å²) < 4.78 is 2.20. The van der Waals surface area contributed by atoms with Crippen LogP contribution in [-0.4, -0.2) is 19.5 Å². The number of rotatable bonds is 4. The molecule has 0 saturated carbocycles. The van der Waals surface area contributed by atoms with E-state index >= 15 is 0 Å². The maximum atomic E-state index is 5.19. The molecule has 10 aromatic rings. The molecular formula is C45H28N4. The number of hydrogen-bond donors (Lipinski definition) is 0. The Bertz CT molecular complexity index is 2860. The molecule has 228 valence electrons. The van der Waals surface area contributed by atoms with Crippen molar-refractivity contribution < 1.29 is 0 Å². The Balaban J connectivity index is 1.24. The summed E-state index contributed by atoms with van der Waals surface area (Å²) in [5.41, 5.74) is 6.32. The minimum absolute atomic E-state index is 0.591. The Morgan fingerprint density at radius 1 is 0.306 bits per heavy atom. The zero-order chi connectivity index (χ0) is 32.3. The predicted molar refractivity (Wildman–Crippen MR) is 203 cm³/mol. The second kappa shape index (κ2) is 11.0. The van der Waals surface area contributed by atoms with Crippen LogP contribution in [0.5, 0.6) is 0 Å². The summed E-state index contributed by atoms with van der Waals surface area (Å²) in [4.78, 5) is 15.4. The first-order valence-corrected chi connectivity index (χ1v) is 16.5. The quantitative estimate of drug-likeness (QED) is 0.183. The zero-order valence-electron chi connectivity index (χ0n) is 26.5. The molecule has 0 atom stereocenters. The van der Waals surface area contributed by atoms with E-state index in [2.05, 4.69) is 150 Å². The Labute approximate surface area is 282 Å². The van der Waals surface area contributed by atoms with Crippen molar-refractivity contribution in [2.75, 3.05) is 0 Å². The largest absolute Gasteiger partial charge is 0.278 e. The van der Waals surface area contributed by atoms with E-state index in [-0.39, 0.29) is 0 Å². The molecule has 2 heterocycles. The van der Waals surface area contributed by atoms with Crippen molar-refractivity contribution in [2.45, 2.75) is 0 Å². The average molecular weight is 625 g/mol. The van der Waals surface area contributed by atoms with Crippen molar-refractivity contribution >= 4 is 54.1 Å². The number of hydrogen-bond acceptors (Lipinski definition) is 3. The lowest BCUT2D eigenvalue weighted by Crippen LogP contribution is -2.06. The van der Waals surface area contributed by atoms with Gasteiger partial charge in [0.05, 0.1) is 11.0 Å². The predicted octanol–water partition coefficient (Wildman–Crippen LogP) is 11.4. The number of aromatic nitrogens is 4. The highest BCUT2D eigenvalue weighted by Gasteiger charge is 2.20. The van der Waals surface area contributed by atoms with Crippen molar-refractivity contribution in [3.8, 4) is 39.9 Å². The molecule has 0 unspecified atom stereocenters. The second-order valence-electron chi connectivity index (χ2n) is 12.4. The molecule has 49 heavy (non-hydrogen) atoms. The highest BCUT2D eigenvalue weighted by atomic mass is 15.2. The Morgan fingerprint density at radius 3 is 1.61 bits per heavy atom. The fraction of sp³-hybridized carbons (Fsp3) is 0. The minimum atomic E-state index is 0.591. The van der Waals surface area contributed by atoms with Gasteiger partial charge in [0, 0.05) is 21.9 Å². The minimum Gasteiger partial charge on any atom is -0.278 e. The third kappa shape index (κ3) is 4.42. The fourth-order valence-electron chi connectivity index (χ4n) is 7.35. The smallest absolute Gasteiger partial charge is 0.238 e. The van der Waals surface area contributed by atoms with Crippen LogP contribution in [0.15, 0.2) is 170 Å². The first-order valence-electron chi connectivity index (χ1n) is 16.5. The van der Waals surface area contributed by atoms with Crippen molar-refractivity contribution in [2.24, 2.45) is 0 Å². The van der Waals surface area contributed by atoms with Gasteiger partial charge in [-0.25, -0.2) is 4.98 Å². The van der Waals surface area contributed by atoms with Crippen molar-refractivity contribution in [3.63, 3.8) is 0 Å². The molecule has 4 heteroatoms. The number of benzene rings is 8. The maximum absolute atomic E-state index is 5.19. The fourth-order valence-corrected chi connectivity index (χ4v) is 7.35. The van der Waals surface area contributed by atoms with E-state index < -0.39 is 0 Å². The highest BCUT2D eigenvalue weighted by molar-refractivity contribution is 6.29. The van der Waals surface area contributed by atoms with E-state index in [0.717, 1.165) is 33.1 Å². The van der Waals surface area contributed by atoms with Crippen LogP contribution < -0.4 is 0 Å². The van der Waals surface area contributed by atoms with Crippen LogP contribution in [0.4, 0.5) is 0 Å². The monoisotopic (exact) mass is 624 g/mol. The van der Waals surface area contributed by atoms with Crippen molar-refractivity contribution in [1.29, 1.82) is 0 Å². The molecule has 0 bridgehead atoms. The van der Waals surface area contributed by atoms with Gasteiger partial charge in [-0.2, -0.15) is 9.97 Å². The van der Waals surface area contributed by atoms with Gasteiger partial charge in [-0.05, 0) is 55.6 Å². The topological polar surface area (TPSA) is 43.6 Å². The Morgan fingerprint density at radius 2 is 0.837 bits per heavy atom. The normalized spacial score (nSPS) is 11.7. The van der Waals surface area contributed by atoms with Gasteiger partial charge in [0.25, 0.3) is 0 Å². The third-order valence-electron chi connectivity index (χ3n) is 9.64. The van der Waals surface area contributed by atoms with E-state index in [1.54, 1.807) is 0 Å². The van der Waals surface area contributed by atoms with Crippen molar-refractivity contribution in [1.82, 2.24) is 19.5 Å². The van der Waals surface area contributed by atoms with E-state index in [1.165, 1.54) is 43.3 Å². The molecule has 10 rings (SSSR count). The number of nitrogens with zero attached hydrogens (tertiary/aromatic N) is 4. The first kappa shape index (κ1) is 27.5. The molecule has 0 spiro atoms. The molecule has 8 aromatic carbocycles. The van der Waals surface area contributed by atoms with Gasteiger partial charge in [0.15, 0.2) is 11.6 Å². The van der Waals surface area contributed by atoms with E-state index in [4.69, 9.17) is 15.0 Å². The highest BCUT2D eigenvalue weighted by Crippen LogP contribution is 2.40. The Kier molecular flexibility index (Phi) is 6.15. The van der Waals surface area contributed by atoms with Crippen LogP contribution in [0.3, 0.4) is 0 Å². The molecule has 0 radical (unpaired) electrons. The number of fused-ring (bicyclic) bond motifs is 9. The summed E-state index contributed by atoms with van der Waals surface area (Å²) >= 11 is 0. The zero-order valence-corrected chi connectivity index (χ0v) is 26.5. The molecule has 4 nitrogen and oxygen atoms in total.